The van der Waals surface area contributed by atoms with E-state index in [0.29, 0.717) is 4.91 Å². The minimum absolute atomic E-state index is 0.238. The maximum atomic E-state index is 12.5. The molecule has 1 rings (SSSR count). The summed E-state index contributed by atoms with van der Waals surface area (Å²) in [5.74, 6) is 0. The van der Waals surface area contributed by atoms with Gasteiger partial charge >= 0.3 is 0 Å². The lowest BCUT2D eigenvalue weighted by molar-refractivity contribution is 0.608. The van der Waals surface area contributed by atoms with E-state index in [4.69, 9.17) is 0 Å². The van der Waals surface area contributed by atoms with Crippen LogP contribution in [0.2, 0.25) is 0 Å². The van der Waals surface area contributed by atoms with Crippen molar-refractivity contribution in [3.05, 3.63) is 81.5 Å². The molecule has 0 aromatic heterocycles. The molecule has 0 saturated carbocycles. The summed E-state index contributed by atoms with van der Waals surface area (Å²) < 4.78 is 25.0. The number of allylic oxidation sites excluding steroid dienone is 6. The summed E-state index contributed by atoms with van der Waals surface area (Å²) in [5.41, 5.74) is 0. The molecule has 2 nitrogen and oxygen atoms in total. The molecule has 0 unspecified atom stereocenters. The van der Waals surface area contributed by atoms with Crippen LogP contribution in [-0.2, 0) is 9.84 Å². The minimum atomic E-state index is -3.49. The lowest BCUT2D eigenvalue weighted by Crippen LogP contribution is -2.22. The van der Waals surface area contributed by atoms with Crippen molar-refractivity contribution in [1.29, 1.82) is 0 Å². The largest absolute Gasteiger partial charge is 0.219 e. The van der Waals surface area contributed by atoms with E-state index in [1.54, 1.807) is 32.1 Å². The Morgan fingerprint density at radius 3 is 2.27 bits per heavy atom. The second-order valence-electron chi connectivity index (χ2n) is 4.67. The lowest BCUT2D eigenvalue weighted by Gasteiger charge is -2.04. The predicted molar refractivity (Wildman–Crippen MR) is 96.1 cm³/mol. The van der Waals surface area contributed by atoms with Gasteiger partial charge in [0.1, 0.15) is 0 Å². The zero-order chi connectivity index (χ0) is 16.6. The van der Waals surface area contributed by atoms with E-state index in [1.807, 2.05) is 43.3 Å². The van der Waals surface area contributed by atoms with Crippen molar-refractivity contribution in [3.63, 3.8) is 0 Å². The van der Waals surface area contributed by atoms with E-state index < -0.39 is 9.84 Å². The lowest BCUT2D eigenvalue weighted by atomic mass is 10.2. The molecule has 0 atom stereocenters. The molecular weight excluding hydrogens is 292 g/mol. The zero-order valence-electron chi connectivity index (χ0n) is 13.3. The molecule has 1 aromatic carbocycles. The van der Waals surface area contributed by atoms with E-state index in [0.717, 1.165) is 10.4 Å². The van der Waals surface area contributed by atoms with Gasteiger partial charge in [-0.2, -0.15) is 0 Å². The Balaban J connectivity index is 3.39. The van der Waals surface area contributed by atoms with Crippen LogP contribution in [-0.4, -0.2) is 8.42 Å². The fourth-order valence-corrected chi connectivity index (χ4v) is 3.13. The molecule has 0 saturated heterocycles. The maximum absolute atomic E-state index is 12.5. The average molecular weight is 314 g/mol. The number of hydrogen-bond acceptors (Lipinski definition) is 2. The Labute approximate surface area is 133 Å². The van der Waals surface area contributed by atoms with E-state index in [-0.39, 0.29) is 4.91 Å². The SMILES string of the molecule is C=C/C=C(\C=C/C)S(=O)(=O)/C(C)=C/C=c1/cccc/c1=C/C. The molecule has 0 radical (unpaired) electrons. The summed E-state index contributed by atoms with van der Waals surface area (Å²) in [6, 6.07) is 7.83. The summed E-state index contributed by atoms with van der Waals surface area (Å²) >= 11 is 0. The average Bonchev–Trinajstić information content (AvgIpc) is 2.52. The summed E-state index contributed by atoms with van der Waals surface area (Å²) in [7, 11) is -3.49. The third kappa shape index (κ3) is 4.43. The van der Waals surface area contributed by atoms with Crippen LogP contribution in [0, 0.1) is 0 Å². The van der Waals surface area contributed by atoms with Gasteiger partial charge in [0.05, 0.1) is 4.91 Å². The molecule has 1 aromatic rings. The summed E-state index contributed by atoms with van der Waals surface area (Å²) in [6.45, 7) is 8.91. The normalized spacial score (nSPS) is 15.6. The second kappa shape index (κ2) is 8.35. The smallest absolute Gasteiger partial charge is 0.202 e. The quantitative estimate of drug-likeness (QED) is 0.782. The van der Waals surface area contributed by atoms with Gasteiger partial charge in [-0.25, -0.2) is 8.42 Å². The molecule has 0 heterocycles. The van der Waals surface area contributed by atoms with Crippen molar-refractivity contribution in [1.82, 2.24) is 0 Å². The van der Waals surface area contributed by atoms with Crippen molar-refractivity contribution < 1.29 is 8.42 Å². The van der Waals surface area contributed by atoms with Crippen LogP contribution in [0.5, 0.6) is 0 Å². The Bertz CT molecular complexity index is 836. The fraction of sp³-hybridized carbons (Fsp3) is 0.158. The van der Waals surface area contributed by atoms with E-state index >= 15 is 0 Å². The molecule has 0 spiro atoms. The van der Waals surface area contributed by atoms with E-state index in [2.05, 4.69) is 6.58 Å². The third-order valence-corrected chi connectivity index (χ3v) is 5.03. The van der Waals surface area contributed by atoms with Crippen LogP contribution >= 0.6 is 0 Å². The Morgan fingerprint density at radius 1 is 1.09 bits per heavy atom. The Hall–Kier alpha value is -2.13. The van der Waals surface area contributed by atoms with Crippen molar-refractivity contribution in [2.75, 3.05) is 0 Å². The second-order valence-corrected chi connectivity index (χ2v) is 6.79. The minimum Gasteiger partial charge on any atom is -0.219 e. The molecule has 0 fully saturated rings. The van der Waals surface area contributed by atoms with Crippen molar-refractivity contribution in [2.24, 2.45) is 0 Å². The first-order valence-corrected chi connectivity index (χ1v) is 8.56. The molecule has 0 amide bonds. The predicted octanol–water partition coefficient (Wildman–Crippen LogP) is 3.23. The topological polar surface area (TPSA) is 34.1 Å². The van der Waals surface area contributed by atoms with Gasteiger partial charge in [0.2, 0.25) is 9.84 Å². The van der Waals surface area contributed by atoms with Crippen LogP contribution in [0.1, 0.15) is 20.8 Å². The van der Waals surface area contributed by atoms with Crippen LogP contribution in [0.15, 0.2) is 71.0 Å². The monoisotopic (exact) mass is 314 g/mol. The first kappa shape index (κ1) is 17.9. The van der Waals surface area contributed by atoms with Crippen LogP contribution in [0.3, 0.4) is 0 Å². The van der Waals surface area contributed by atoms with Gasteiger partial charge in [0, 0.05) is 4.91 Å². The number of benzene rings is 1. The van der Waals surface area contributed by atoms with Gasteiger partial charge in [0.25, 0.3) is 0 Å². The molecule has 0 bridgehead atoms. The van der Waals surface area contributed by atoms with Crippen LogP contribution < -0.4 is 10.4 Å². The standard InChI is InChI=1S/C19H22O2S/c1-5-10-19(11-6-2)22(20,21)16(4)14-15-18-13-9-8-12-17(18)7-3/h5-15H,1H2,2-4H3/b11-6-,16-14+,17-7-,18-15-,19-10+. The Kier molecular flexibility index (Phi) is 6.80. The van der Waals surface area contributed by atoms with E-state index in [9.17, 15) is 8.42 Å². The highest BCUT2D eigenvalue weighted by atomic mass is 32.2. The van der Waals surface area contributed by atoms with Gasteiger partial charge < -0.3 is 0 Å². The molecule has 0 N–H and O–H groups in total. The van der Waals surface area contributed by atoms with Gasteiger partial charge in [0.15, 0.2) is 0 Å². The van der Waals surface area contributed by atoms with Crippen molar-refractivity contribution in [3.8, 4) is 0 Å². The molecule has 0 aliphatic carbocycles. The molecule has 116 valence electrons. The van der Waals surface area contributed by atoms with Crippen LogP contribution in [0.4, 0.5) is 0 Å². The number of rotatable bonds is 5. The first-order chi connectivity index (χ1) is 10.5. The van der Waals surface area contributed by atoms with Crippen molar-refractivity contribution in [2.45, 2.75) is 20.8 Å². The highest BCUT2D eigenvalue weighted by Gasteiger charge is 2.16. The number of sulfone groups is 1. The van der Waals surface area contributed by atoms with E-state index in [1.165, 1.54) is 12.2 Å². The highest BCUT2D eigenvalue weighted by molar-refractivity contribution is 7.99. The molecular formula is C19H22O2S. The van der Waals surface area contributed by atoms with Crippen LogP contribution in [0.25, 0.3) is 12.2 Å². The zero-order valence-corrected chi connectivity index (χ0v) is 14.1. The Morgan fingerprint density at radius 2 is 1.73 bits per heavy atom. The first-order valence-electron chi connectivity index (χ1n) is 7.08. The maximum Gasteiger partial charge on any atom is 0.202 e. The third-order valence-electron chi connectivity index (χ3n) is 3.15. The molecule has 0 aliphatic rings. The molecule has 3 heteroatoms. The summed E-state index contributed by atoms with van der Waals surface area (Å²) in [5, 5.41) is 2.05. The summed E-state index contributed by atoms with van der Waals surface area (Å²) in [4.78, 5) is 0.534. The summed E-state index contributed by atoms with van der Waals surface area (Å²) in [6.07, 6.45) is 11.7. The number of hydrogen-bond donors (Lipinski definition) is 0. The van der Waals surface area contributed by atoms with Gasteiger partial charge in [-0.1, -0.05) is 55.1 Å². The van der Waals surface area contributed by atoms with Crippen molar-refractivity contribution >= 4 is 22.0 Å². The highest BCUT2D eigenvalue weighted by Crippen LogP contribution is 2.18. The molecule has 22 heavy (non-hydrogen) atoms. The van der Waals surface area contributed by atoms with Gasteiger partial charge in [-0.15, -0.1) is 0 Å². The van der Waals surface area contributed by atoms with Gasteiger partial charge in [-0.05, 0) is 49.4 Å². The fourth-order valence-electron chi connectivity index (χ4n) is 1.92. The van der Waals surface area contributed by atoms with Gasteiger partial charge in [-0.3, -0.25) is 0 Å². The molecule has 0 aliphatic heterocycles.